The summed E-state index contributed by atoms with van der Waals surface area (Å²) in [5.41, 5.74) is 3.51. The third kappa shape index (κ3) is 3.23. The molecule has 0 saturated carbocycles. The molecule has 0 N–H and O–H groups in total. The van der Waals surface area contributed by atoms with Crippen molar-refractivity contribution in [2.75, 3.05) is 0 Å². The fourth-order valence-electron chi connectivity index (χ4n) is 1.82. The molecule has 0 amide bonds. The average molecular weight is 316 g/mol. The van der Waals surface area contributed by atoms with E-state index in [9.17, 15) is 0 Å². The molecule has 7 heteroatoms. The van der Waals surface area contributed by atoms with E-state index in [1.807, 2.05) is 32.0 Å². The van der Waals surface area contributed by atoms with E-state index < -0.39 is 0 Å². The second-order valence-corrected chi connectivity index (χ2v) is 5.31. The third-order valence-electron chi connectivity index (χ3n) is 3.21. The van der Waals surface area contributed by atoms with Crippen molar-refractivity contribution in [1.82, 2.24) is 25.2 Å². The van der Waals surface area contributed by atoms with Gasteiger partial charge in [-0.25, -0.2) is 4.68 Å². The first-order valence-corrected chi connectivity index (χ1v) is 7.10. The first-order valence-electron chi connectivity index (χ1n) is 6.73. The first-order chi connectivity index (χ1) is 10.6. The summed E-state index contributed by atoms with van der Waals surface area (Å²) in [4.78, 5) is 0. The van der Waals surface area contributed by atoms with Crippen LogP contribution in [0.5, 0.6) is 5.88 Å². The van der Waals surface area contributed by atoms with E-state index >= 15 is 0 Å². The van der Waals surface area contributed by atoms with Crippen LogP contribution in [0.2, 0.25) is 5.02 Å². The number of halogens is 1. The molecule has 0 atom stereocenters. The van der Waals surface area contributed by atoms with Crippen molar-refractivity contribution in [2.24, 2.45) is 0 Å². The topological polar surface area (TPSA) is 65.7 Å². The summed E-state index contributed by atoms with van der Waals surface area (Å²) in [6, 6.07) is 9.21. The molecule has 0 aliphatic carbocycles. The molecule has 0 fully saturated rings. The van der Waals surface area contributed by atoms with Crippen molar-refractivity contribution in [2.45, 2.75) is 20.5 Å². The Morgan fingerprint density at radius 2 is 1.86 bits per heavy atom. The summed E-state index contributed by atoms with van der Waals surface area (Å²) in [5, 5.41) is 16.8. The van der Waals surface area contributed by atoms with E-state index in [0.29, 0.717) is 16.6 Å². The third-order valence-corrected chi connectivity index (χ3v) is 3.46. The van der Waals surface area contributed by atoms with Crippen molar-refractivity contribution < 1.29 is 4.74 Å². The zero-order chi connectivity index (χ0) is 15.5. The van der Waals surface area contributed by atoms with Gasteiger partial charge in [0.25, 0.3) is 0 Å². The predicted octanol–water partition coefficient (Wildman–Crippen LogP) is 2.91. The molecule has 3 aromatic rings. The minimum absolute atomic E-state index is 0.283. The van der Waals surface area contributed by atoms with Crippen LogP contribution < -0.4 is 4.74 Å². The molecule has 0 saturated heterocycles. The van der Waals surface area contributed by atoms with Crippen LogP contribution in [0.3, 0.4) is 0 Å². The van der Waals surface area contributed by atoms with Gasteiger partial charge in [0, 0.05) is 11.1 Å². The number of aryl methyl sites for hydroxylation is 2. The number of hydrogen-bond donors (Lipinski definition) is 0. The van der Waals surface area contributed by atoms with E-state index in [2.05, 4.69) is 20.5 Å². The maximum atomic E-state index is 5.87. The normalized spacial score (nSPS) is 10.7. The lowest BCUT2D eigenvalue weighted by molar-refractivity contribution is 0.285. The van der Waals surface area contributed by atoms with Gasteiger partial charge in [0.05, 0.1) is 17.6 Å². The Bertz CT molecular complexity index is 785. The van der Waals surface area contributed by atoms with Crippen molar-refractivity contribution >= 4 is 11.6 Å². The monoisotopic (exact) mass is 315 g/mol. The van der Waals surface area contributed by atoms with Gasteiger partial charge in [-0.3, -0.25) is 0 Å². The van der Waals surface area contributed by atoms with E-state index in [-0.39, 0.29) is 6.61 Å². The highest BCUT2D eigenvalue weighted by molar-refractivity contribution is 6.30. The van der Waals surface area contributed by atoms with Crippen LogP contribution in [0.4, 0.5) is 0 Å². The average Bonchev–Trinajstić information content (AvgIpc) is 2.98. The zero-order valence-electron chi connectivity index (χ0n) is 12.2. The Hall–Kier alpha value is -2.47. The molecule has 3 rings (SSSR count). The van der Waals surface area contributed by atoms with Crippen LogP contribution in [-0.2, 0) is 6.61 Å². The Balaban J connectivity index is 1.69. The van der Waals surface area contributed by atoms with Gasteiger partial charge in [-0.1, -0.05) is 16.8 Å². The fraction of sp³-hybridized carbons (Fsp3) is 0.200. The van der Waals surface area contributed by atoms with Gasteiger partial charge >= 0.3 is 0 Å². The summed E-state index contributed by atoms with van der Waals surface area (Å²) >= 11 is 5.87. The molecule has 0 aliphatic rings. The van der Waals surface area contributed by atoms with Crippen LogP contribution in [0.15, 0.2) is 36.5 Å². The molecule has 0 spiro atoms. The molecule has 2 aromatic heterocycles. The van der Waals surface area contributed by atoms with Gasteiger partial charge in [0.15, 0.2) is 0 Å². The van der Waals surface area contributed by atoms with Crippen LogP contribution in [0.25, 0.3) is 5.69 Å². The highest BCUT2D eigenvalue weighted by Gasteiger charge is 2.06. The lowest BCUT2D eigenvalue weighted by atomic mass is 10.2. The number of ether oxygens (including phenoxy) is 1. The molecule has 112 valence electrons. The molecule has 6 nitrogen and oxygen atoms in total. The lowest BCUT2D eigenvalue weighted by Gasteiger charge is -2.04. The quantitative estimate of drug-likeness (QED) is 0.740. The summed E-state index contributed by atoms with van der Waals surface area (Å²) in [6.07, 6.45) is 1.80. The Labute approximate surface area is 132 Å². The van der Waals surface area contributed by atoms with Crippen LogP contribution >= 0.6 is 11.6 Å². The minimum atomic E-state index is 0.283. The number of benzene rings is 1. The van der Waals surface area contributed by atoms with Gasteiger partial charge in [0.2, 0.25) is 5.88 Å². The molecule has 0 aliphatic heterocycles. The van der Waals surface area contributed by atoms with Gasteiger partial charge < -0.3 is 4.74 Å². The second-order valence-electron chi connectivity index (χ2n) is 4.87. The molecule has 0 radical (unpaired) electrons. The van der Waals surface area contributed by atoms with Crippen molar-refractivity contribution in [3.05, 3.63) is 58.5 Å². The number of aromatic nitrogens is 5. The smallest absolute Gasteiger partial charge is 0.234 e. The Morgan fingerprint density at radius 1 is 1.09 bits per heavy atom. The highest BCUT2D eigenvalue weighted by atomic mass is 35.5. The van der Waals surface area contributed by atoms with E-state index in [0.717, 1.165) is 16.9 Å². The van der Waals surface area contributed by atoms with Crippen LogP contribution in [-0.4, -0.2) is 25.2 Å². The van der Waals surface area contributed by atoms with Crippen molar-refractivity contribution in [3.8, 4) is 11.6 Å². The van der Waals surface area contributed by atoms with Gasteiger partial charge in [0.1, 0.15) is 12.3 Å². The SMILES string of the molecule is Cc1cc(OCc2cn(-c3ccc(Cl)cc3)nn2)nnc1C. The van der Waals surface area contributed by atoms with Crippen molar-refractivity contribution in [3.63, 3.8) is 0 Å². The highest BCUT2D eigenvalue weighted by Crippen LogP contribution is 2.14. The maximum Gasteiger partial charge on any atom is 0.234 e. The zero-order valence-corrected chi connectivity index (χ0v) is 12.9. The molecule has 22 heavy (non-hydrogen) atoms. The molecular weight excluding hydrogens is 302 g/mol. The molecule has 0 bridgehead atoms. The lowest BCUT2D eigenvalue weighted by Crippen LogP contribution is -2.00. The summed E-state index contributed by atoms with van der Waals surface area (Å²) in [6.45, 7) is 4.16. The number of rotatable bonds is 4. The summed E-state index contributed by atoms with van der Waals surface area (Å²) < 4.78 is 7.25. The summed E-state index contributed by atoms with van der Waals surface area (Å²) in [5.74, 6) is 0.476. The van der Waals surface area contributed by atoms with Gasteiger partial charge in [-0.05, 0) is 43.7 Å². The van der Waals surface area contributed by atoms with Gasteiger partial charge in [-0.2, -0.15) is 5.10 Å². The summed E-state index contributed by atoms with van der Waals surface area (Å²) in [7, 11) is 0. The molecule has 2 heterocycles. The largest absolute Gasteiger partial charge is 0.470 e. The standard InChI is InChI=1S/C15H14ClN5O/c1-10-7-15(19-17-11(10)2)22-9-13-8-21(20-18-13)14-5-3-12(16)4-6-14/h3-8H,9H2,1-2H3. The van der Waals surface area contributed by atoms with Crippen molar-refractivity contribution in [1.29, 1.82) is 0 Å². The number of nitrogens with zero attached hydrogens (tertiary/aromatic N) is 5. The number of hydrogen-bond acceptors (Lipinski definition) is 5. The molecular formula is C15H14ClN5O. The second kappa shape index (κ2) is 6.11. The molecule has 1 aromatic carbocycles. The maximum absolute atomic E-state index is 5.87. The molecule has 0 unspecified atom stereocenters. The van der Waals surface area contributed by atoms with E-state index in [4.69, 9.17) is 16.3 Å². The van der Waals surface area contributed by atoms with Gasteiger partial charge in [-0.15, -0.1) is 10.2 Å². The first kappa shape index (κ1) is 14.5. The minimum Gasteiger partial charge on any atom is -0.470 e. The van der Waals surface area contributed by atoms with E-state index in [1.165, 1.54) is 0 Å². The predicted molar refractivity (Wildman–Crippen MR) is 82.2 cm³/mol. The Kier molecular flexibility index (Phi) is 4.02. The fourth-order valence-corrected chi connectivity index (χ4v) is 1.95. The Morgan fingerprint density at radius 3 is 2.59 bits per heavy atom. The van der Waals surface area contributed by atoms with Crippen LogP contribution in [0, 0.1) is 13.8 Å². The van der Waals surface area contributed by atoms with Crippen LogP contribution in [0.1, 0.15) is 17.0 Å². The van der Waals surface area contributed by atoms with E-state index in [1.54, 1.807) is 23.0 Å².